The SMILES string of the molecule is N#Cc1ncn(C2CCOC3(CCSC3)C2)c1C#N. The van der Waals surface area contributed by atoms with Crippen molar-refractivity contribution in [2.75, 3.05) is 18.1 Å². The molecule has 1 aromatic rings. The number of nitriles is 2. The molecule has 2 fully saturated rings. The Hall–Kier alpha value is -1.50. The van der Waals surface area contributed by atoms with Gasteiger partial charge in [0.25, 0.3) is 0 Å². The minimum absolute atomic E-state index is 0.0304. The van der Waals surface area contributed by atoms with Crippen molar-refractivity contribution in [1.82, 2.24) is 9.55 Å². The van der Waals surface area contributed by atoms with E-state index in [0.717, 1.165) is 37.4 Å². The zero-order chi connectivity index (χ0) is 13.3. The quantitative estimate of drug-likeness (QED) is 0.781. The van der Waals surface area contributed by atoms with Crippen LogP contribution in [0.4, 0.5) is 0 Å². The molecule has 0 N–H and O–H groups in total. The number of imidazole rings is 1. The third kappa shape index (κ3) is 2.11. The lowest BCUT2D eigenvalue weighted by Gasteiger charge is -2.38. The first-order chi connectivity index (χ1) is 9.28. The number of nitrogens with zero attached hydrogens (tertiary/aromatic N) is 4. The highest BCUT2D eigenvalue weighted by Crippen LogP contribution is 2.42. The van der Waals surface area contributed by atoms with Crippen molar-refractivity contribution in [2.24, 2.45) is 0 Å². The average molecular weight is 274 g/mol. The van der Waals surface area contributed by atoms with Gasteiger partial charge in [0, 0.05) is 18.4 Å². The molecule has 2 aliphatic heterocycles. The fraction of sp³-hybridized carbons (Fsp3) is 0.615. The Balaban J connectivity index is 1.88. The van der Waals surface area contributed by atoms with E-state index in [1.807, 2.05) is 22.4 Å². The molecule has 2 atom stereocenters. The molecular weight excluding hydrogens is 260 g/mol. The molecule has 19 heavy (non-hydrogen) atoms. The van der Waals surface area contributed by atoms with Gasteiger partial charge in [-0.3, -0.25) is 0 Å². The molecule has 2 saturated heterocycles. The van der Waals surface area contributed by atoms with Crippen LogP contribution in [0.2, 0.25) is 0 Å². The van der Waals surface area contributed by atoms with Crippen LogP contribution in [0.1, 0.15) is 36.7 Å². The highest BCUT2D eigenvalue weighted by Gasteiger charge is 2.41. The summed E-state index contributed by atoms with van der Waals surface area (Å²) in [5.41, 5.74) is 0.580. The first-order valence-corrected chi connectivity index (χ1v) is 7.52. The Morgan fingerprint density at radius 2 is 2.37 bits per heavy atom. The van der Waals surface area contributed by atoms with Crippen molar-refractivity contribution in [1.29, 1.82) is 10.5 Å². The van der Waals surface area contributed by atoms with E-state index in [0.29, 0.717) is 5.69 Å². The zero-order valence-electron chi connectivity index (χ0n) is 10.5. The molecule has 1 aromatic heterocycles. The topological polar surface area (TPSA) is 74.6 Å². The molecule has 0 bridgehead atoms. The molecule has 1 spiro atoms. The van der Waals surface area contributed by atoms with Crippen LogP contribution in [0.25, 0.3) is 0 Å². The highest BCUT2D eigenvalue weighted by atomic mass is 32.2. The van der Waals surface area contributed by atoms with Crippen LogP contribution >= 0.6 is 11.8 Å². The van der Waals surface area contributed by atoms with Crippen molar-refractivity contribution in [3.63, 3.8) is 0 Å². The molecule has 3 rings (SSSR count). The van der Waals surface area contributed by atoms with Gasteiger partial charge in [-0.25, -0.2) is 4.98 Å². The van der Waals surface area contributed by atoms with Gasteiger partial charge in [0.2, 0.25) is 0 Å². The second kappa shape index (κ2) is 4.88. The molecule has 6 heteroatoms. The standard InChI is InChI=1S/C13H14N4OS/c14-6-11-12(7-15)17(9-16-11)10-1-3-18-13(5-10)2-4-19-8-13/h9-10H,1-5,8H2. The lowest BCUT2D eigenvalue weighted by molar-refractivity contribution is -0.0763. The van der Waals surface area contributed by atoms with Crippen LogP contribution in [-0.4, -0.2) is 33.3 Å². The lowest BCUT2D eigenvalue weighted by atomic mass is 9.89. The zero-order valence-corrected chi connectivity index (χ0v) is 11.3. The van der Waals surface area contributed by atoms with E-state index in [1.165, 1.54) is 0 Å². The van der Waals surface area contributed by atoms with E-state index >= 15 is 0 Å². The van der Waals surface area contributed by atoms with Crippen LogP contribution in [0.5, 0.6) is 0 Å². The van der Waals surface area contributed by atoms with Crippen LogP contribution in [0.3, 0.4) is 0 Å². The number of rotatable bonds is 1. The minimum atomic E-state index is -0.0304. The average Bonchev–Trinajstić information content (AvgIpc) is 3.05. The van der Waals surface area contributed by atoms with E-state index < -0.39 is 0 Å². The maximum absolute atomic E-state index is 9.21. The summed E-state index contributed by atoms with van der Waals surface area (Å²) in [6, 6.07) is 4.30. The van der Waals surface area contributed by atoms with Gasteiger partial charge in [-0.1, -0.05) is 0 Å². The Morgan fingerprint density at radius 1 is 1.47 bits per heavy atom. The summed E-state index contributed by atoms with van der Waals surface area (Å²) in [4.78, 5) is 4.03. The summed E-state index contributed by atoms with van der Waals surface area (Å²) in [5, 5.41) is 18.2. The van der Waals surface area contributed by atoms with Crippen molar-refractivity contribution >= 4 is 11.8 Å². The molecule has 5 nitrogen and oxygen atoms in total. The summed E-state index contributed by atoms with van der Waals surface area (Å²) in [6.07, 6.45) is 4.50. The smallest absolute Gasteiger partial charge is 0.176 e. The minimum Gasteiger partial charge on any atom is -0.374 e. The van der Waals surface area contributed by atoms with Gasteiger partial charge in [0.05, 0.1) is 11.9 Å². The number of thioether (sulfide) groups is 1. The van der Waals surface area contributed by atoms with Gasteiger partial charge in [0.1, 0.15) is 12.1 Å². The highest BCUT2D eigenvalue weighted by molar-refractivity contribution is 7.99. The summed E-state index contributed by atoms with van der Waals surface area (Å²) in [5.74, 6) is 2.18. The van der Waals surface area contributed by atoms with Crippen molar-refractivity contribution < 1.29 is 4.74 Å². The summed E-state index contributed by atoms with van der Waals surface area (Å²) < 4.78 is 7.85. The van der Waals surface area contributed by atoms with Gasteiger partial charge < -0.3 is 9.30 Å². The lowest BCUT2D eigenvalue weighted by Crippen LogP contribution is -2.40. The fourth-order valence-electron chi connectivity index (χ4n) is 2.93. The third-order valence-electron chi connectivity index (χ3n) is 3.93. The molecule has 0 saturated carbocycles. The molecule has 0 aromatic carbocycles. The maximum atomic E-state index is 9.21. The number of aromatic nitrogens is 2. The van der Waals surface area contributed by atoms with Crippen LogP contribution < -0.4 is 0 Å². The van der Waals surface area contributed by atoms with E-state index in [4.69, 9.17) is 10.00 Å². The predicted octanol–water partition coefficient (Wildman–Crippen LogP) is 1.85. The summed E-state index contributed by atoms with van der Waals surface area (Å²) >= 11 is 1.93. The van der Waals surface area contributed by atoms with E-state index in [9.17, 15) is 5.26 Å². The predicted molar refractivity (Wildman–Crippen MR) is 70.6 cm³/mol. The van der Waals surface area contributed by atoms with Crippen molar-refractivity contribution in [3.8, 4) is 12.1 Å². The van der Waals surface area contributed by atoms with Crippen molar-refractivity contribution in [2.45, 2.75) is 30.9 Å². The van der Waals surface area contributed by atoms with Gasteiger partial charge in [-0.2, -0.15) is 22.3 Å². The second-order valence-electron chi connectivity index (χ2n) is 5.05. The monoisotopic (exact) mass is 274 g/mol. The van der Waals surface area contributed by atoms with Gasteiger partial charge >= 0.3 is 0 Å². The van der Waals surface area contributed by atoms with Crippen LogP contribution in [0, 0.1) is 22.7 Å². The molecule has 2 aliphatic rings. The Morgan fingerprint density at radius 3 is 3.05 bits per heavy atom. The Labute approximate surface area is 116 Å². The fourth-order valence-corrected chi connectivity index (χ4v) is 4.31. The van der Waals surface area contributed by atoms with Crippen LogP contribution in [0.15, 0.2) is 6.33 Å². The molecule has 2 unspecified atom stereocenters. The Bertz CT molecular complexity index is 562. The van der Waals surface area contributed by atoms with E-state index in [1.54, 1.807) is 6.33 Å². The summed E-state index contributed by atoms with van der Waals surface area (Å²) in [7, 11) is 0. The number of ether oxygens (including phenoxy) is 1. The van der Waals surface area contributed by atoms with Crippen LogP contribution in [-0.2, 0) is 4.74 Å². The second-order valence-corrected chi connectivity index (χ2v) is 6.16. The van der Waals surface area contributed by atoms with E-state index in [-0.39, 0.29) is 17.3 Å². The van der Waals surface area contributed by atoms with Gasteiger partial charge in [0.15, 0.2) is 11.4 Å². The van der Waals surface area contributed by atoms with E-state index in [2.05, 4.69) is 11.1 Å². The normalized spacial score (nSPS) is 30.1. The first-order valence-electron chi connectivity index (χ1n) is 6.37. The third-order valence-corrected chi connectivity index (χ3v) is 5.16. The molecule has 0 radical (unpaired) electrons. The number of hydrogen-bond donors (Lipinski definition) is 0. The van der Waals surface area contributed by atoms with Gasteiger partial charge in [-0.15, -0.1) is 0 Å². The maximum Gasteiger partial charge on any atom is 0.176 e. The molecule has 98 valence electrons. The van der Waals surface area contributed by atoms with Gasteiger partial charge in [-0.05, 0) is 25.0 Å². The molecule has 0 amide bonds. The Kier molecular flexibility index (Phi) is 3.22. The summed E-state index contributed by atoms with van der Waals surface area (Å²) in [6.45, 7) is 0.718. The molecule has 3 heterocycles. The first kappa shape index (κ1) is 12.5. The largest absolute Gasteiger partial charge is 0.374 e. The number of hydrogen-bond acceptors (Lipinski definition) is 5. The molecular formula is C13H14N4OS. The molecule has 0 aliphatic carbocycles. The van der Waals surface area contributed by atoms with Crippen molar-refractivity contribution in [3.05, 3.63) is 17.7 Å².